The fourth-order valence-corrected chi connectivity index (χ4v) is 4.10. The topological polar surface area (TPSA) is 102 Å². The summed E-state index contributed by atoms with van der Waals surface area (Å²) in [4.78, 5) is 41.5. The molecule has 0 saturated carbocycles. The van der Waals surface area contributed by atoms with E-state index in [9.17, 15) is 19.5 Å². The lowest BCUT2D eigenvalue weighted by molar-refractivity contribution is -0.255. The van der Waals surface area contributed by atoms with Gasteiger partial charge in [-0.1, -0.05) is 47.1 Å². The molecule has 10 heteroatoms. The van der Waals surface area contributed by atoms with Gasteiger partial charge in [-0.2, -0.15) is 0 Å². The highest BCUT2D eigenvalue weighted by Gasteiger charge is 2.34. The van der Waals surface area contributed by atoms with Crippen molar-refractivity contribution < 1.29 is 19.5 Å². The number of carbonyl (C=O) groups excluding carboxylic acids is 3. The molecule has 1 N–H and O–H groups in total. The van der Waals surface area contributed by atoms with Crippen LogP contribution in [-0.2, 0) is 9.59 Å². The number of nitrogens with zero attached hydrogens (tertiary/aromatic N) is 2. The van der Waals surface area contributed by atoms with E-state index in [-0.39, 0.29) is 17.9 Å². The molecule has 1 aliphatic rings. The molecule has 1 heterocycles. The molecule has 150 valence electrons. The van der Waals surface area contributed by atoms with Crippen LogP contribution < -0.4 is 10.4 Å². The number of anilines is 1. The molecular weight excluding hydrogens is 437 g/mol. The highest BCUT2D eigenvalue weighted by molar-refractivity contribution is 8.15. The standard InChI is InChI=1S/C19H15Cl2N3O4S/c1-24-16(25)9-15(17(26)22-13-4-2-10(3-5-13)18(27)28)29-19(24)23-14-7-11(20)6-12(21)8-14/h2-8,15H,9H2,1H3,(H,22,26)(H,27,28)/p-1/t15-/m0/s1. The number of halogens is 2. The van der Waals surface area contributed by atoms with Crippen LogP contribution in [0.4, 0.5) is 11.4 Å². The van der Waals surface area contributed by atoms with E-state index in [0.717, 1.165) is 11.8 Å². The van der Waals surface area contributed by atoms with Gasteiger partial charge in [0.25, 0.3) is 0 Å². The number of carboxylic acid groups (broad SMARTS) is 1. The molecule has 29 heavy (non-hydrogen) atoms. The zero-order valence-electron chi connectivity index (χ0n) is 15.0. The van der Waals surface area contributed by atoms with E-state index in [2.05, 4.69) is 10.3 Å². The number of benzene rings is 2. The van der Waals surface area contributed by atoms with Gasteiger partial charge in [0.15, 0.2) is 5.17 Å². The van der Waals surface area contributed by atoms with E-state index in [0.29, 0.717) is 26.6 Å². The molecule has 2 aromatic carbocycles. The summed E-state index contributed by atoms with van der Waals surface area (Å²) in [6, 6.07) is 10.3. The Labute approximate surface area is 180 Å². The Morgan fingerprint density at radius 2 is 1.79 bits per heavy atom. The number of aromatic carboxylic acids is 1. The van der Waals surface area contributed by atoms with Gasteiger partial charge in [-0.15, -0.1) is 0 Å². The number of amidine groups is 1. The van der Waals surface area contributed by atoms with Crippen LogP contribution in [0.1, 0.15) is 16.8 Å². The zero-order chi connectivity index (χ0) is 21.1. The SMILES string of the molecule is CN1C(=O)C[C@@H](C(=O)Nc2ccc(C(=O)[O-])cc2)SC1=Nc1cc(Cl)cc(Cl)c1. The van der Waals surface area contributed by atoms with Gasteiger partial charge in [0.1, 0.15) is 5.25 Å². The van der Waals surface area contributed by atoms with Gasteiger partial charge < -0.3 is 15.2 Å². The lowest BCUT2D eigenvalue weighted by Gasteiger charge is -2.28. The quantitative estimate of drug-likeness (QED) is 0.770. The largest absolute Gasteiger partial charge is 0.545 e. The van der Waals surface area contributed by atoms with E-state index in [1.807, 2.05) is 0 Å². The lowest BCUT2D eigenvalue weighted by atomic mass is 10.2. The molecule has 0 unspecified atom stereocenters. The first-order chi connectivity index (χ1) is 13.7. The van der Waals surface area contributed by atoms with Crippen molar-refractivity contribution in [2.24, 2.45) is 4.99 Å². The van der Waals surface area contributed by atoms with Crippen LogP contribution >= 0.6 is 35.0 Å². The van der Waals surface area contributed by atoms with Crippen molar-refractivity contribution in [2.75, 3.05) is 12.4 Å². The Kier molecular flexibility index (Phi) is 6.46. The minimum Gasteiger partial charge on any atom is -0.545 e. The molecular formula is C19H14Cl2N3O4S-. The summed E-state index contributed by atoms with van der Waals surface area (Å²) < 4.78 is 0. The average molecular weight is 451 g/mol. The second-order valence-corrected chi connectivity index (χ2v) is 8.18. The maximum atomic E-state index is 12.6. The molecule has 2 aromatic rings. The van der Waals surface area contributed by atoms with Gasteiger partial charge in [-0.25, -0.2) is 4.99 Å². The molecule has 3 rings (SSSR count). The zero-order valence-corrected chi connectivity index (χ0v) is 17.3. The maximum Gasteiger partial charge on any atom is 0.238 e. The number of rotatable bonds is 4. The molecule has 1 saturated heterocycles. The number of aliphatic imine (C=N–C) groups is 1. The van der Waals surface area contributed by atoms with E-state index in [4.69, 9.17) is 23.2 Å². The fourth-order valence-electron chi connectivity index (χ4n) is 2.52. The second kappa shape index (κ2) is 8.86. The normalized spacial score (nSPS) is 18.0. The second-order valence-electron chi connectivity index (χ2n) is 6.14. The molecule has 1 aliphatic heterocycles. The minimum atomic E-state index is -1.30. The van der Waals surface area contributed by atoms with Crippen LogP contribution in [-0.4, -0.2) is 40.1 Å². The first-order valence-electron chi connectivity index (χ1n) is 8.33. The predicted octanol–water partition coefficient (Wildman–Crippen LogP) is 2.95. The third-order valence-electron chi connectivity index (χ3n) is 4.02. The van der Waals surface area contributed by atoms with E-state index < -0.39 is 17.1 Å². The van der Waals surface area contributed by atoms with Gasteiger partial charge in [-0.3, -0.25) is 14.5 Å². The average Bonchev–Trinajstić information content (AvgIpc) is 2.64. The number of carboxylic acids is 1. The molecule has 1 fully saturated rings. The molecule has 0 spiro atoms. The van der Waals surface area contributed by atoms with Crippen molar-refractivity contribution in [2.45, 2.75) is 11.7 Å². The number of thioether (sulfide) groups is 1. The summed E-state index contributed by atoms with van der Waals surface area (Å²) in [5.74, 6) is -1.96. The third-order valence-corrected chi connectivity index (χ3v) is 5.70. The van der Waals surface area contributed by atoms with Crippen LogP contribution in [0.25, 0.3) is 0 Å². The Morgan fingerprint density at radius 3 is 2.38 bits per heavy atom. The van der Waals surface area contributed by atoms with Gasteiger partial charge in [0.05, 0.1) is 11.7 Å². The first kappa shape index (κ1) is 21.2. The number of nitrogens with one attached hydrogen (secondary N) is 1. The Morgan fingerprint density at radius 1 is 1.17 bits per heavy atom. The summed E-state index contributed by atoms with van der Waals surface area (Å²) >= 11 is 13.1. The summed E-state index contributed by atoms with van der Waals surface area (Å²) in [5.41, 5.74) is 0.872. The molecule has 7 nitrogen and oxygen atoms in total. The summed E-state index contributed by atoms with van der Waals surface area (Å²) in [5, 5.41) is 13.9. The van der Waals surface area contributed by atoms with E-state index in [1.165, 1.54) is 29.2 Å². The number of carbonyl (C=O) groups is 3. The van der Waals surface area contributed by atoms with Crippen molar-refractivity contribution in [3.63, 3.8) is 0 Å². The van der Waals surface area contributed by atoms with Crippen molar-refractivity contribution >= 4 is 69.3 Å². The number of amides is 2. The smallest absolute Gasteiger partial charge is 0.238 e. The molecule has 0 bridgehead atoms. The Hall–Kier alpha value is -2.55. The molecule has 0 aliphatic carbocycles. The van der Waals surface area contributed by atoms with Crippen molar-refractivity contribution in [1.82, 2.24) is 4.90 Å². The van der Waals surface area contributed by atoms with Crippen molar-refractivity contribution in [1.29, 1.82) is 0 Å². The maximum absolute atomic E-state index is 12.6. The van der Waals surface area contributed by atoms with E-state index >= 15 is 0 Å². The van der Waals surface area contributed by atoms with Gasteiger partial charge >= 0.3 is 0 Å². The van der Waals surface area contributed by atoms with Crippen LogP contribution in [0.5, 0.6) is 0 Å². The minimum absolute atomic E-state index is 0.000544. The van der Waals surface area contributed by atoms with Gasteiger partial charge in [-0.05, 0) is 35.9 Å². The van der Waals surface area contributed by atoms with Crippen LogP contribution in [0.15, 0.2) is 47.5 Å². The number of hydrogen-bond donors (Lipinski definition) is 1. The Balaban J connectivity index is 1.77. The van der Waals surface area contributed by atoms with Crippen molar-refractivity contribution in [3.05, 3.63) is 58.1 Å². The summed E-state index contributed by atoms with van der Waals surface area (Å²) in [6.07, 6.45) is -0.000544. The molecule has 0 aromatic heterocycles. The fraction of sp³-hybridized carbons (Fsp3) is 0.158. The number of hydrogen-bond acceptors (Lipinski definition) is 6. The molecule has 1 atom stereocenters. The summed E-state index contributed by atoms with van der Waals surface area (Å²) in [6.45, 7) is 0. The van der Waals surface area contributed by atoms with Gasteiger partial charge in [0.2, 0.25) is 11.8 Å². The van der Waals surface area contributed by atoms with Gasteiger partial charge in [0, 0.05) is 29.2 Å². The Bertz CT molecular complexity index is 991. The van der Waals surface area contributed by atoms with Crippen LogP contribution in [0, 0.1) is 0 Å². The third kappa shape index (κ3) is 5.29. The first-order valence-corrected chi connectivity index (χ1v) is 9.97. The predicted molar refractivity (Wildman–Crippen MR) is 112 cm³/mol. The molecule has 2 amide bonds. The summed E-state index contributed by atoms with van der Waals surface area (Å²) in [7, 11) is 1.58. The van der Waals surface area contributed by atoms with Crippen LogP contribution in [0.3, 0.4) is 0 Å². The highest BCUT2D eigenvalue weighted by atomic mass is 35.5. The lowest BCUT2D eigenvalue weighted by Crippen LogP contribution is -2.43. The van der Waals surface area contributed by atoms with E-state index in [1.54, 1.807) is 25.2 Å². The van der Waals surface area contributed by atoms with Crippen LogP contribution in [0.2, 0.25) is 10.0 Å². The van der Waals surface area contributed by atoms with Crippen molar-refractivity contribution in [3.8, 4) is 0 Å². The molecule has 0 radical (unpaired) electrons. The monoisotopic (exact) mass is 450 g/mol. The highest BCUT2D eigenvalue weighted by Crippen LogP contribution is 2.31.